The van der Waals surface area contributed by atoms with Gasteiger partial charge in [0.15, 0.2) is 0 Å². The van der Waals surface area contributed by atoms with E-state index in [1.165, 1.54) is 12.0 Å². The van der Waals surface area contributed by atoms with Crippen LogP contribution in [0.25, 0.3) is 0 Å². The quantitative estimate of drug-likeness (QED) is 0.837. The number of nitrogens with zero attached hydrogens (tertiary/aromatic N) is 4. The van der Waals surface area contributed by atoms with E-state index in [1.807, 2.05) is 0 Å². The Morgan fingerprint density at radius 1 is 1.22 bits per heavy atom. The highest BCUT2D eigenvalue weighted by atomic mass is 16.5. The molecule has 3 rings (SSSR count). The lowest BCUT2D eigenvalue weighted by molar-refractivity contribution is 0.0341. The number of rotatable bonds is 6. The summed E-state index contributed by atoms with van der Waals surface area (Å²) in [6, 6.07) is 0. The molecule has 2 aliphatic rings. The lowest BCUT2D eigenvalue weighted by atomic mass is 9.99. The Bertz CT molecular complexity index is 485. The van der Waals surface area contributed by atoms with E-state index in [0.29, 0.717) is 12.5 Å². The van der Waals surface area contributed by atoms with Gasteiger partial charge in [-0.15, -0.1) is 0 Å². The van der Waals surface area contributed by atoms with Crippen molar-refractivity contribution in [3.63, 3.8) is 0 Å². The standard InChI is InChI=1S/C17H30N4O2/c1-15-17(12-20-7-9-23-10-8-20)13-21(18-15)6-5-19-4-2-3-16(11-19)14-22/h13,16,22H,2-12,14H2,1H3/t16-/m1/s1. The summed E-state index contributed by atoms with van der Waals surface area (Å²) in [6.07, 6.45) is 4.57. The highest BCUT2D eigenvalue weighted by molar-refractivity contribution is 5.15. The normalized spacial score (nSPS) is 24.2. The molecule has 0 aliphatic carbocycles. The van der Waals surface area contributed by atoms with E-state index in [-0.39, 0.29) is 0 Å². The minimum atomic E-state index is 0.321. The molecule has 0 unspecified atom stereocenters. The van der Waals surface area contributed by atoms with Crippen molar-refractivity contribution in [3.8, 4) is 0 Å². The van der Waals surface area contributed by atoms with Gasteiger partial charge in [-0.1, -0.05) is 0 Å². The van der Waals surface area contributed by atoms with Crippen LogP contribution in [0.15, 0.2) is 6.20 Å². The van der Waals surface area contributed by atoms with Crippen LogP contribution >= 0.6 is 0 Å². The highest BCUT2D eigenvalue weighted by Crippen LogP contribution is 2.16. The van der Waals surface area contributed by atoms with Crippen LogP contribution in [-0.4, -0.2) is 77.2 Å². The maximum Gasteiger partial charge on any atom is 0.0638 e. The van der Waals surface area contributed by atoms with E-state index in [0.717, 1.165) is 71.1 Å². The number of aromatic nitrogens is 2. The molecule has 2 fully saturated rings. The van der Waals surface area contributed by atoms with E-state index in [9.17, 15) is 5.11 Å². The van der Waals surface area contributed by atoms with Crippen LogP contribution in [-0.2, 0) is 17.8 Å². The van der Waals surface area contributed by atoms with Gasteiger partial charge in [-0.05, 0) is 32.2 Å². The lowest BCUT2D eigenvalue weighted by Gasteiger charge is -2.31. The zero-order valence-electron chi connectivity index (χ0n) is 14.3. The zero-order valence-corrected chi connectivity index (χ0v) is 14.3. The summed E-state index contributed by atoms with van der Waals surface area (Å²) in [7, 11) is 0. The van der Waals surface area contributed by atoms with Gasteiger partial charge >= 0.3 is 0 Å². The largest absolute Gasteiger partial charge is 0.396 e. The number of aliphatic hydroxyl groups excluding tert-OH is 1. The highest BCUT2D eigenvalue weighted by Gasteiger charge is 2.19. The maximum absolute atomic E-state index is 9.33. The summed E-state index contributed by atoms with van der Waals surface area (Å²) < 4.78 is 7.50. The van der Waals surface area contributed by atoms with Crippen molar-refractivity contribution < 1.29 is 9.84 Å². The van der Waals surface area contributed by atoms with E-state index >= 15 is 0 Å². The van der Waals surface area contributed by atoms with Crippen LogP contribution in [0.5, 0.6) is 0 Å². The molecule has 6 heteroatoms. The predicted molar refractivity (Wildman–Crippen MR) is 89.3 cm³/mol. The first-order valence-electron chi connectivity index (χ1n) is 8.91. The van der Waals surface area contributed by atoms with Gasteiger partial charge in [-0.25, -0.2) is 0 Å². The van der Waals surface area contributed by atoms with Crippen molar-refractivity contribution >= 4 is 0 Å². The molecule has 23 heavy (non-hydrogen) atoms. The van der Waals surface area contributed by atoms with Gasteiger partial charge in [0.05, 0.1) is 25.5 Å². The Morgan fingerprint density at radius 2 is 2.04 bits per heavy atom. The second kappa shape index (κ2) is 8.24. The average molecular weight is 322 g/mol. The molecule has 1 aromatic heterocycles. The van der Waals surface area contributed by atoms with Crippen LogP contribution in [0.3, 0.4) is 0 Å². The molecular formula is C17H30N4O2. The number of likely N-dealkylation sites (tertiary alicyclic amines) is 1. The predicted octanol–water partition coefficient (Wildman–Crippen LogP) is 0.728. The monoisotopic (exact) mass is 322 g/mol. The number of ether oxygens (including phenoxy) is 1. The van der Waals surface area contributed by atoms with Crippen LogP contribution in [0, 0.1) is 12.8 Å². The number of hydrogen-bond donors (Lipinski definition) is 1. The van der Waals surface area contributed by atoms with E-state index < -0.39 is 0 Å². The molecule has 2 saturated heterocycles. The molecule has 0 spiro atoms. The number of piperidine rings is 1. The van der Waals surface area contributed by atoms with Gasteiger partial charge < -0.3 is 14.7 Å². The Balaban J connectivity index is 1.49. The fraction of sp³-hybridized carbons (Fsp3) is 0.824. The van der Waals surface area contributed by atoms with Gasteiger partial charge in [0.25, 0.3) is 0 Å². The molecule has 6 nitrogen and oxygen atoms in total. The molecule has 0 saturated carbocycles. The number of morpholine rings is 1. The van der Waals surface area contributed by atoms with E-state index in [4.69, 9.17) is 4.74 Å². The molecule has 0 bridgehead atoms. The summed E-state index contributed by atoms with van der Waals surface area (Å²) >= 11 is 0. The fourth-order valence-electron chi connectivity index (χ4n) is 3.58. The van der Waals surface area contributed by atoms with Crippen molar-refractivity contribution in [1.82, 2.24) is 19.6 Å². The van der Waals surface area contributed by atoms with Crippen molar-refractivity contribution in [2.24, 2.45) is 5.92 Å². The molecule has 1 atom stereocenters. The van der Waals surface area contributed by atoms with Crippen LogP contribution in [0.1, 0.15) is 24.1 Å². The molecule has 130 valence electrons. The summed E-state index contributed by atoms with van der Waals surface area (Å²) in [5, 5.41) is 14.0. The van der Waals surface area contributed by atoms with Crippen LogP contribution < -0.4 is 0 Å². The SMILES string of the molecule is Cc1nn(CCN2CCC[C@@H](CO)C2)cc1CN1CCOCC1. The molecule has 2 aliphatic heterocycles. The first-order chi connectivity index (χ1) is 11.2. The number of aliphatic hydroxyl groups is 1. The Morgan fingerprint density at radius 3 is 2.83 bits per heavy atom. The number of hydrogen-bond acceptors (Lipinski definition) is 5. The van der Waals surface area contributed by atoms with E-state index in [2.05, 4.69) is 32.7 Å². The van der Waals surface area contributed by atoms with Crippen molar-refractivity contribution in [3.05, 3.63) is 17.5 Å². The van der Waals surface area contributed by atoms with Crippen molar-refractivity contribution in [2.75, 3.05) is 52.5 Å². The average Bonchev–Trinajstić information content (AvgIpc) is 2.94. The minimum Gasteiger partial charge on any atom is -0.396 e. The molecular weight excluding hydrogens is 292 g/mol. The third-order valence-corrected chi connectivity index (χ3v) is 5.05. The van der Waals surface area contributed by atoms with Gasteiger partial charge in [0.2, 0.25) is 0 Å². The Hall–Kier alpha value is -0.950. The lowest BCUT2D eigenvalue weighted by Crippen LogP contribution is -2.38. The van der Waals surface area contributed by atoms with Gasteiger partial charge in [0.1, 0.15) is 0 Å². The van der Waals surface area contributed by atoms with E-state index in [1.54, 1.807) is 0 Å². The van der Waals surface area contributed by atoms with Crippen molar-refractivity contribution in [2.45, 2.75) is 32.9 Å². The fourth-order valence-corrected chi connectivity index (χ4v) is 3.58. The van der Waals surface area contributed by atoms with Crippen LogP contribution in [0.2, 0.25) is 0 Å². The maximum atomic E-state index is 9.33. The topological polar surface area (TPSA) is 53.8 Å². The molecule has 0 amide bonds. The van der Waals surface area contributed by atoms with Gasteiger partial charge in [-0.2, -0.15) is 5.10 Å². The third-order valence-electron chi connectivity index (χ3n) is 5.05. The minimum absolute atomic E-state index is 0.321. The van der Waals surface area contributed by atoms with Crippen LogP contribution in [0.4, 0.5) is 0 Å². The molecule has 1 aromatic rings. The molecule has 0 radical (unpaired) electrons. The molecule has 1 N–H and O–H groups in total. The summed E-state index contributed by atoms with van der Waals surface area (Å²) in [5.41, 5.74) is 2.47. The Kier molecular flexibility index (Phi) is 6.05. The first kappa shape index (κ1) is 16.9. The zero-order chi connectivity index (χ0) is 16.1. The van der Waals surface area contributed by atoms with Crippen molar-refractivity contribution in [1.29, 1.82) is 0 Å². The second-order valence-electron chi connectivity index (χ2n) is 6.88. The Labute approximate surface area is 139 Å². The summed E-state index contributed by atoms with van der Waals surface area (Å²) in [5.74, 6) is 0.458. The van der Waals surface area contributed by atoms with Gasteiger partial charge in [-0.3, -0.25) is 9.58 Å². The third kappa shape index (κ3) is 4.76. The van der Waals surface area contributed by atoms with Gasteiger partial charge in [0, 0.05) is 51.1 Å². The summed E-state index contributed by atoms with van der Waals surface area (Å²) in [4.78, 5) is 4.90. The number of aryl methyl sites for hydroxylation is 1. The molecule has 0 aromatic carbocycles. The second-order valence-corrected chi connectivity index (χ2v) is 6.88. The smallest absolute Gasteiger partial charge is 0.0638 e. The summed E-state index contributed by atoms with van der Waals surface area (Å²) in [6.45, 7) is 11.2. The molecule has 3 heterocycles. The first-order valence-corrected chi connectivity index (χ1v) is 8.91.